The van der Waals surface area contributed by atoms with E-state index in [0.29, 0.717) is 18.7 Å². The van der Waals surface area contributed by atoms with Crippen molar-refractivity contribution in [2.24, 2.45) is 0 Å². The highest BCUT2D eigenvalue weighted by Crippen LogP contribution is 2.15. The predicted molar refractivity (Wildman–Crippen MR) is 136 cm³/mol. The zero-order chi connectivity index (χ0) is 23.9. The smallest absolute Gasteiger partial charge is 0.147 e. The van der Waals surface area contributed by atoms with Crippen LogP contribution in [0.15, 0.2) is 97.3 Å². The van der Waals surface area contributed by atoms with Crippen LogP contribution in [-0.4, -0.2) is 31.2 Å². The minimum absolute atomic E-state index is 0.660. The van der Waals surface area contributed by atoms with Gasteiger partial charge in [0.1, 0.15) is 12.2 Å². The first kappa shape index (κ1) is 22.5. The summed E-state index contributed by atoms with van der Waals surface area (Å²) in [6, 6.07) is 32.8. The fraction of sp³-hybridized carbons (Fsp3) is 0.172. The number of hydrogen-bond acceptors (Lipinski definition) is 5. The van der Waals surface area contributed by atoms with Gasteiger partial charge in [-0.3, -0.25) is 9.88 Å². The molecule has 0 bridgehead atoms. The summed E-state index contributed by atoms with van der Waals surface area (Å²) in [5, 5.41) is 18.8. The van der Waals surface area contributed by atoms with Crippen LogP contribution in [0.2, 0.25) is 0 Å². The van der Waals surface area contributed by atoms with Gasteiger partial charge in [-0.05, 0) is 41.8 Å². The lowest BCUT2D eigenvalue weighted by molar-refractivity contribution is 0.247. The van der Waals surface area contributed by atoms with E-state index < -0.39 is 0 Å². The minimum Gasteiger partial charge on any atom is -0.312 e. The van der Waals surface area contributed by atoms with Crippen LogP contribution in [0.4, 0.5) is 0 Å². The van der Waals surface area contributed by atoms with Crippen LogP contribution in [0.25, 0.3) is 10.9 Å². The summed E-state index contributed by atoms with van der Waals surface area (Å²) < 4.78 is 2.07. The van der Waals surface area contributed by atoms with Gasteiger partial charge in [0.2, 0.25) is 0 Å². The van der Waals surface area contributed by atoms with Gasteiger partial charge in [-0.1, -0.05) is 66.7 Å². The number of rotatable bonds is 9. The van der Waals surface area contributed by atoms with E-state index in [2.05, 4.69) is 74.3 Å². The standard InChI is InChI=1S/C29H26N6/c30-18-24-10-12-25(13-11-24)19-35-22-31-33-29(35)21-34(17-16-23-6-2-1-3-7-23)20-27-15-14-26-8-4-5-9-28(26)32-27/h1-15,22H,16-17,19-21H2. The number of pyridine rings is 1. The van der Waals surface area contributed by atoms with E-state index in [1.807, 2.05) is 42.5 Å². The second-order valence-electron chi connectivity index (χ2n) is 8.63. The number of fused-ring (bicyclic) bond motifs is 1. The lowest BCUT2D eigenvalue weighted by Crippen LogP contribution is -2.27. The van der Waals surface area contributed by atoms with Crippen molar-refractivity contribution in [3.63, 3.8) is 0 Å². The largest absolute Gasteiger partial charge is 0.312 e. The molecule has 0 spiro atoms. The molecule has 0 saturated heterocycles. The summed E-state index contributed by atoms with van der Waals surface area (Å²) in [5.74, 6) is 0.906. The molecule has 3 aromatic carbocycles. The van der Waals surface area contributed by atoms with Crippen molar-refractivity contribution >= 4 is 10.9 Å². The molecule has 0 aliphatic rings. The third kappa shape index (κ3) is 5.78. The van der Waals surface area contributed by atoms with Crippen molar-refractivity contribution in [3.05, 3.63) is 126 Å². The Morgan fingerprint density at radius 1 is 0.800 bits per heavy atom. The van der Waals surface area contributed by atoms with Crippen molar-refractivity contribution in [1.82, 2.24) is 24.6 Å². The van der Waals surface area contributed by atoms with E-state index in [1.165, 1.54) is 5.56 Å². The lowest BCUT2D eigenvalue weighted by atomic mass is 10.1. The Morgan fingerprint density at radius 3 is 2.43 bits per heavy atom. The third-order valence-corrected chi connectivity index (χ3v) is 6.10. The van der Waals surface area contributed by atoms with Gasteiger partial charge in [0.25, 0.3) is 0 Å². The van der Waals surface area contributed by atoms with Crippen LogP contribution in [0.5, 0.6) is 0 Å². The Morgan fingerprint density at radius 2 is 1.60 bits per heavy atom. The number of benzene rings is 3. The topological polar surface area (TPSA) is 70.6 Å². The molecule has 0 fully saturated rings. The van der Waals surface area contributed by atoms with Gasteiger partial charge in [-0.2, -0.15) is 5.26 Å². The van der Waals surface area contributed by atoms with Crippen molar-refractivity contribution < 1.29 is 0 Å². The Balaban J connectivity index is 1.35. The van der Waals surface area contributed by atoms with Crippen LogP contribution in [0.1, 0.15) is 28.2 Å². The second kappa shape index (κ2) is 10.7. The highest BCUT2D eigenvalue weighted by atomic mass is 15.3. The van der Waals surface area contributed by atoms with Crippen LogP contribution in [0, 0.1) is 11.3 Å². The molecule has 0 amide bonds. The molecule has 6 heteroatoms. The molecule has 2 aromatic heterocycles. The Kier molecular flexibility index (Phi) is 6.88. The molecule has 6 nitrogen and oxygen atoms in total. The Bertz CT molecular complexity index is 1430. The molecule has 0 atom stereocenters. The van der Waals surface area contributed by atoms with Gasteiger partial charge in [-0.25, -0.2) is 0 Å². The summed E-state index contributed by atoms with van der Waals surface area (Å²) in [4.78, 5) is 7.27. The molecule has 172 valence electrons. The normalized spacial score (nSPS) is 11.1. The van der Waals surface area contributed by atoms with Crippen molar-refractivity contribution in [1.29, 1.82) is 5.26 Å². The first-order chi connectivity index (χ1) is 17.3. The average Bonchev–Trinajstić information content (AvgIpc) is 3.34. The van der Waals surface area contributed by atoms with Crippen LogP contribution < -0.4 is 0 Å². The van der Waals surface area contributed by atoms with E-state index in [4.69, 9.17) is 10.2 Å². The zero-order valence-electron chi connectivity index (χ0n) is 19.5. The molecule has 35 heavy (non-hydrogen) atoms. The van der Waals surface area contributed by atoms with Crippen molar-refractivity contribution in [3.8, 4) is 6.07 Å². The first-order valence-corrected chi connectivity index (χ1v) is 11.7. The maximum Gasteiger partial charge on any atom is 0.147 e. The number of para-hydroxylation sites is 1. The molecule has 0 saturated carbocycles. The molecule has 5 aromatic rings. The fourth-order valence-corrected chi connectivity index (χ4v) is 4.19. The second-order valence-corrected chi connectivity index (χ2v) is 8.63. The number of hydrogen-bond donors (Lipinski definition) is 0. The Hall–Kier alpha value is -4.34. The molecular weight excluding hydrogens is 432 g/mol. The van der Waals surface area contributed by atoms with Gasteiger partial charge in [0, 0.05) is 18.5 Å². The fourth-order valence-electron chi connectivity index (χ4n) is 4.19. The molecule has 2 heterocycles. The molecule has 0 aliphatic heterocycles. The predicted octanol–water partition coefficient (Wildman–Crippen LogP) is 4.99. The Labute approximate surface area is 205 Å². The third-order valence-electron chi connectivity index (χ3n) is 6.10. The van der Waals surface area contributed by atoms with E-state index in [1.54, 1.807) is 6.33 Å². The molecule has 0 unspecified atom stereocenters. The maximum atomic E-state index is 9.05. The SMILES string of the molecule is N#Cc1ccc(Cn2cnnc2CN(CCc2ccccc2)Cc2ccc3ccccc3n2)cc1. The number of nitrogens with zero attached hydrogens (tertiary/aromatic N) is 6. The van der Waals surface area contributed by atoms with Gasteiger partial charge >= 0.3 is 0 Å². The van der Waals surface area contributed by atoms with Gasteiger partial charge in [-0.15, -0.1) is 10.2 Å². The summed E-state index contributed by atoms with van der Waals surface area (Å²) >= 11 is 0. The highest BCUT2D eigenvalue weighted by Gasteiger charge is 2.14. The van der Waals surface area contributed by atoms with E-state index in [9.17, 15) is 0 Å². The van der Waals surface area contributed by atoms with Crippen molar-refractivity contribution in [2.75, 3.05) is 6.54 Å². The van der Waals surface area contributed by atoms with Crippen LogP contribution in [0.3, 0.4) is 0 Å². The molecule has 0 aliphatic carbocycles. The summed E-state index contributed by atoms with van der Waals surface area (Å²) in [5.41, 5.74) is 5.12. The monoisotopic (exact) mass is 458 g/mol. The summed E-state index contributed by atoms with van der Waals surface area (Å²) in [7, 11) is 0. The average molecular weight is 459 g/mol. The van der Waals surface area contributed by atoms with Gasteiger partial charge in [0.15, 0.2) is 0 Å². The maximum absolute atomic E-state index is 9.05. The number of nitriles is 1. The van der Waals surface area contributed by atoms with Crippen LogP contribution in [-0.2, 0) is 26.1 Å². The summed E-state index contributed by atoms with van der Waals surface area (Å²) in [6.07, 6.45) is 2.72. The first-order valence-electron chi connectivity index (χ1n) is 11.7. The zero-order valence-corrected chi connectivity index (χ0v) is 19.5. The highest BCUT2D eigenvalue weighted by molar-refractivity contribution is 5.78. The van der Waals surface area contributed by atoms with Gasteiger partial charge in [0.05, 0.1) is 35.9 Å². The number of aromatic nitrogens is 4. The molecule has 0 N–H and O–H groups in total. The lowest BCUT2D eigenvalue weighted by Gasteiger charge is -2.22. The molecule has 5 rings (SSSR count). The molecule has 0 radical (unpaired) electrons. The van der Waals surface area contributed by atoms with E-state index in [-0.39, 0.29) is 0 Å². The van der Waals surface area contributed by atoms with Crippen molar-refractivity contribution in [2.45, 2.75) is 26.1 Å². The quantitative estimate of drug-likeness (QED) is 0.311. The molecular formula is C29H26N6. The minimum atomic E-state index is 0.660. The van der Waals surface area contributed by atoms with Gasteiger partial charge < -0.3 is 4.57 Å². The van der Waals surface area contributed by atoms with Crippen LogP contribution >= 0.6 is 0 Å². The van der Waals surface area contributed by atoms with E-state index in [0.717, 1.165) is 47.5 Å². The van der Waals surface area contributed by atoms with E-state index >= 15 is 0 Å². The summed E-state index contributed by atoms with van der Waals surface area (Å²) in [6.45, 7) is 2.93.